The quantitative estimate of drug-likeness (QED) is 0.220. The number of amides is 1. The molecule has 3 aromatic rings. The van der Waals surface area contributed by atoms with Gasteiger partial charge in [-0.3, -0.25) is 9.69 Å². The molecular weight excluding hydrogens is 644 g/mol. The van der Waals surface area contributed by atoms with E-state index in [9.17, 15) is 23.2 Å². The maximum atomic E-state index is 14.4. The molecule has 14 nitrogen and oxygen atoms in total. The Morgan fingerprint density at radius 3 is 2.44 bits per heavy atom. The maximum absolute atomic E-state index is 14.4. The van der Waals surface area contributed by atoms with Gasteiger partial charge in [-0.05, 0) is 38.0 Å². The van der Waals surface area contributed by atoms with Crippen LogP contribution in [0.15, 0.2) is 30.6 Å². The highest BCUT2D eigenvalue weighted by molar-refractivity contribution is 7.16. The number of aryl methyl sites for hydroxylation is 1. The Hall–Kier alpha value is -3.74. The molecule has 1 fully saturated rings. The van der Waals surface area contributed by atoms with Gasteiger partial charge >= 0.3 is 11.9 Å². The number of ether oxygens (including phenoxy) is 2. The zero-order valence-corrected chi connectivity index (χ0v) is 25.3. The van der Waals surface area contributed by atoms with Crippen LogP contribution in [0.2, 0.25) is 4.34 Å². The number of hydrogen-bond acceptors (Lipinski definition) is 11. The largest absolute Gasteiger partial charge is 0.480 e. The molecule has 0 aromatic carbocycles. The van der Waals surface area contributed by atoms with Gasteiger partial charge in [0.1, 0.15) is 12.2 Å². The van der Waals surface area contributed by atoms with Crippen LogP contribution >= 0.6 is 22.9 Å². The van der Waals surface area contributed by atoms with Gasteiger partial charge < -0.3 is 35.6 Å². The lowest BCUT2D eigenvalue weighted by atomic mass is 9.84. The zero-order valence-electron chi connectivity index (χ0n) is 23.7. The van der Waals surface area contributed by atoms with Crippen molar-refractivity contribution >= 4 is 40.8 Å². The number of alkyl halides is 2. The van der Waals surface area contributed by atoms with E-state index in [1.54, 1.807) is 23.0 Å². The number of thiophene rings is 1. The summed E-state index contributed by atoms with van der Waals surface area (Å²) in [7, 11) is 0. The molecule has 2 atom stereocenters. The van der Waals surface area contributed by atoms with Crippen LogP contribution in [0.1, 0.15) is 34.5 Å². The van der Waals surface area contributed by atoms with Crippen LogP contribution in [0.25, 0.3) is 5.82 Å². The van der Waals surface area contributed by atoms with Gasteiger partial charge in [0.25, 0.3) is 11.8 Å². The van der Waals surface area contributed by atoms with Crippen molar-refractivity contribution in [2.24, 2.45) is 5.73 Å². The second-order valence-electron chi connectivity index (χ2n) is 10.4. The molecule has 3 aromatic heterocycles. The molecule has 1 saturated heterocycles. The number of primary amides is 1. The molecule has 244 valence electrons. The third kappa shape index (κ3) is 7.74. The number of carboxylic acid groups (broad SMARTS) is 2. The summed E-state index contributed by atoms with van der Waals surface area (Å²) in [6.07, 6.45) is 0.173. The van der Waals surface area contributed by atoms with Gasteiger partial charge in [0, 0.05) is 48.0 Å². The Balaban J connectivity index is 0.000000399. The Kier molecular flexibility index (Phi) is 10.4. The summed E-state index contributed by atoms with van der Waals surface area (Å²) in [6.45, 7) is 3.04. The van der Waals surface area contributed by atoms with Crippen LogP contribution in [0.5, 0.6) is 5.75 Å². The van der Waals surface area contributed by atoms with Gasteiger partial charge in [0.05, 0.1) is 10.0 Å². The molecule has 5 heterocycles. The molecule has 0 unspecified atom stereocenters. The number of aliphatic hydroxyl groups is 2. The number of rotatable bonds is 9. The maximum Gasteiger partial charge on any atom is 0.335 e. The third-order valence-corrected chi connectivity index (χ3v) is 8.69. The van der Waals surface area contributed by atoms with Crippen molar-refractivity contribution in [1.29, 1.82) is 0 Å². The summed E-state index contributed by atoms with van der Waals surface area (Å²) >= 11 is 7.30. The van der Waals surface area contributed by atoms with E-state index in [1.165, 1.54) is 17.4 Å². The predicted octanol–water partition coefficient (Wildman–Crippen LogP) is 1.65. The summed E-state index contributed by atoms with van der Waals surface area (Å²) in [4.78, 5) is 37.8. The molecule has 0 bridgehead atoms. The highest BCUT2D eigenvalue weighted by Gasteiger charge is 2.51. The van der Waals surface area contributed by atoms with Gasteiger partial charge in [-0.15, -0.1) is 11.3 Å². The van der Waals surface area contributed by atoms with E-state index >= 15 is 0 Å². The van der Waals surface area contributed by atoms with Crippen molar-refractivity contribution < 1.29 is 53.1 Å². The molecule has 6 N–H and O–H groups in total. The number of fused-ring (bicyclic) bond motifs is 2. The lowest BCUT2D eigenvalue weighted by Crippen LogP contribution is -2.48. The normalized spacial score (nSPS) is 18.3. The molecular formula is C27H30ClF2N5O9S. The van der Waals surface area contributed by atoms with Gasteiger partial charge in [-0.2, -0.15) is 13.9 Å². The fourth-order valence-corrected chi connectivity index (χ4v) is 6.35. The molecule has 1 amide bonds. The molecule has 0 saturated carbocycles. The summed E-state index contributed by atoms with van der Waals surface area (Å²) in [6, 6.07) is 4.79. The monoisotopic (exact) mass is 673 g/mol. The first-order chi connectivity index (χ1) is 21.1. The highest BCUT2D eigenvalue weighted by Crippen LogP contribution is 2.52. The average Bonchev–Trinajstić information content (AvgIpc) is 3.58. The van der Waals surface area contributed by atoms with E-state index in [-0.39, 0.29) is 12.2 Å². The van der Waals surface area contributed by atoms with Gasteiger partial charge in [0.15, 0.2) is 30.4 Å². The zero-order chi connectivity index (χ0) is 33.1. The van der Waals surface area contributed by atoms with Crippen LogP contribution in [0, 0.1) is 6.92 Å². The van der Waals surface area contributed by atoms with Crippen LogP contribution in [0.3, 0.4) is 0 Å². The minimum Gasteiger partial charge on any atom is -0.480 e. The van der Waals surface area contributed by atoms with Crippen LogP contribution in [-0.2, 0) is 37.2 Å². The van der Waals surface area contributed by atoms with Crippen molar-refractivity contribution in [1.82, 2.24) is 19.7 Å². The standard InChI is InChI=1S/C23H24ClF2N5O3S.C4H6O6/c1-14-15(11-31(29-14)21-17(3-2-6-28-21)33-12-19(27)32)10-30-7-4-22(5-8-30)20-16(9-18(24)35-20)23(25,26)13-34-22;5-1(3(7)8)2(6)4(9)10/h2-3,6,9,11H,4-5,7-8,10,12-13H2,1H3,(H2,27,32);1-2,5-6H,(H,7,8)(H,9,10)/t;1-,2-/m.1/s1. The van der Waals surface area contributed by atoms with Crippen LogP contribution in [-0.4, -0.2) is 96.4 Å². The van der Waals surface area contributed by atoms with Crippen molar-refractivity contribution in [2.45, 2.75) is 50.0 Å². The number of carbonyl (C=O) groups excluding carboxylic acids is 1. The Labute approximate surface area is 263 Å². The molecule has 18 heteroatoms. The molecule has 45 heavy (non-hydrogen) atoms. The predicted molar refractivity (Wildman–Crippen MR) is 153 cm³/mol. The SMILES string of the molecule is Cc1nn(-c2ncccc2OCC(N)=O)cc1CN1CCC2(CC1)OCC(F)(F)c1cc(Cl)sc12.O=C(O)[C@H](O)[C@@H](O)C(=O)O. The fraction of sp³-hybridized carbons (Fsp3) is 0.444. The molecule has 0 radical (unpaired) electrons. The van der Waals surface area contributed by atoms with Crippen LogP contribution in [0.4, 0.5) is 8.78 Å². The smallest absolute Gasteiger partial charge is 0.335 e. The molecule has 2 aliphatic heterocycles. The van der Waals surface area contributed by atoms with Crippen molar-refractivity contribution in [3.05, 3.63) is 56.6 Å². The Morgan fingerprint density at radius 2 is 1.84 bits per heavy atom. The lowest BCUT2D eigenvalue weighted by molar-refractivity contribution is -0.182. The topological polar surface area (TPSA) is 211 Å². The number of piperidine rings is 1. The number of carboxylic acids is 2. The number of aromatic nitrogens is 3. The van der Waals surface area contributed by atoms with Crippen LogP contribution < -0.4 is 10.5 Å². The number of nitrogens with two attached hydrogens (primary N) is 1. The summed E-state index contributed by atoms with van der Waals surface area (Å²) in [5.41, 5.74) is 6.32. The Bertz CT molecular complexity index is 1540. The van der Waals surface area contributed by atoms with Crippen molar-refractivity contribution in [3.63, 3.8) is 0 Å². The number of aliphatic carboxylic acids is 2. The second-order valence-corrected chi connectivity index (χ2v) is 12.1. The fourth-order valence-electron chi connectivity index (χ4n) is 4.87. The van der Waals surface area contributed by atoms with E-state index in [1.807, 2.05) is 13.1 Å². The lowest BCUT2D eigenvalue weighted by Gasteiger charge is -2.45. The number of aliphatic hydroxyl groups excluding tert-OH is 2. The summed E-state index contributed by atoms with van der Waals surface area (Å²) in [5, 5.41) is 37.1. The van der Waals surface area contributed by atoms with Crippen molar-refractivity contribution in [3.8, 4) is 11.6 Å². The molecule has 0 aliphatic carbocycles. The number of hydrogen-bond donors (Lipinski definition) is 5. The van der Waals surface area contributed by atoms with E-state index in [0.717, 1.165) is 11.3 Å². The van der Waals surface area contributed by atoms with Crippen molar-refractivity contribution in [2.75, 3.05) is 26.3 Å². The first kappa shape index (κ1) is 34.1. The molecule has 5 rings (SSSR count). The first-order valence-electron chi connectivity index (χ1n) is 13.4. The molecule has 1 spiro atoms. The second kappa shape index (κ2) is 13.7. The number of carbonyl (C=O) groups is 3. The minimum absolute atomic E-state index is 0.00837. The summed E-state index contributed by atoms with van der Waals surface area (Å²) in [5.74, 6) is -6.28. The number of pyridine rings is 1. The van der Waals surface area contributed by atoms with E-state index < -0.39 is 48.2 Å². The Morgan fingerprint density at radius 1 is 1.20 bits per heavy atom. The highest BCUT2D eigenvalue weighted by atomic mass is 35.5. The third-order valence-electron chi connectivity index (χ3n) is 7.24. The average molecular weight is 674 g/mol. The molecule has 2 aliphatic rings. The van der Waals surface area contributed by atoms with E-state index in [0.29, 0.717) is 53.3 Å². The number of halogens is 3. The van der Waals surface area contributed by atoms with Gasteiger partial charge in [-0.25, -0.2) is 19.3 Å². The summed E-state index contributed by atoms with van der Waals surface area (Å²) < 4.78 is 42.0. The van der Waals surface area contributed by atoms with Gasteiger partial charge in [-0.1, -0.05) is 11.6 Å². The van der Waals surface area contributed by atoms with Gasteiger partial charge in [0.2, 0.25) is 0 Å². The number of likely N-dealkylation sites (tertiary alicyclic amines) is 1. The number of nitrogens with zero attached hydrogens (tertiary/aromatic N) is 4. The van der Waals surface area contributed by atoms with E-state index in [2.05, 4.69) is 15.0 Å². The van der Waals surface area contributed by atoms with E-state index in [4.69, 9.17) is 47.2 Å². The first-order valence-corrected chi connectivity index (χ1v) is 14.6. The minimum atomic E-state index is -3.02.